The molecular weight excluding hydrogens is 462 g/mol. The monoisotopic (exact) mass is 515 g/mol. The molecule has 1 aliphatic carbocycles. The molecule has 1 saturated carbocycles. The predicted octanol–water partition coefficient (Wildman–Crippen LogP) is 4.39. The van der Waals surface area contributed by atoms with E-state index in [0.717, 1.165) is 45.2 Å². The molecule has 0 bridgehead atoms. The second-order valence-electron chi connectivity index (χ2n) is 13.3. The number of ether oxygens (including phenoxy) is 2. The average Bonchev–Trinajstić information content (AvgIpc) is 2.65. The van der Waals surface area contributed by atoms with Crippen LogP contribution in [0.15, 0.2) is 0 Å². The van der Waals surface area contributed by atoms with Crippen molar-refractivity contribution in [2.45, 2.75) is 148 Å². The number of rotatable bonds is 4. The lowest BCUT2D eigenvalue weighted by Gasteiger charge is -2.46. The summed E-state index contributed by atoms with van der Waals surface area (Å²) in [6, 6.07) is 0. The van der Waals surface area contributed by atoms with Crippen LogP contribution >= 0.6 is 0 Å². The molecule has 1 saturated heterocycles. The number of amides is 2. The Kier molecular flexibility index (Phi) is 10.7. The van der Waals surface area contributed by atoms with Crippen molar-refractivity contribution >= 4 is 12.2 Å². The average molecular weight is 516 g/mol. The van der Waals surface area contributed by atoms with E-state index in [0.29, 0.717) is 12.8 Å². The van der Waals surface area contributed by atoms with Crippen molar-refractivity contribution in [2.75, 3.05) is 13.1 Å². The van der Waals surface area contributed by atoms with Crippen LogP contribution in [0.25, 0.3) is 0 Å². The summed E-state index contributed by atoms with van der Waals surface area (Å²) in [5.41, 5.74) is -4.15. The van der Waals surface area contributed by atoms with Crippen LogP contribution in [0, 0.1) is 0 Å². The van der Waals surface area contributed by atoms with Crippen LogP contribution in [0.3, 0.4) is 0 Å². The van der Waals surface area contributed by atoms with E-state index in [4.69, 9.17) is 9.47 Å². The van der Waals surface area contributed by atoms with Gasteiger partial charge in [0.25, 0.3) is 0 Å². The molecule has 0 spiro atoms. The van der Waals surface area contributed by atoms with Gasteiger partial charge in [0, 0.05) is 0 Å². The zero-order valence-electron chi connectivity index (χ0n) is 24.4. The zero-order valence-corrected chi connectivity index (χ0v) is 24.4. The molecule has 0 atom stereocenters. The summed E-state index contributed by atoms with van der Waals surface area (Å²) in [7, 11) is 0. The number of nitrogens with one attached hydrogen (secondary N) is 3. The van der Waals surface area contributed by atoms with Gasteiger partial charge in [-0.2, -0.15) is 0 Å². The maximum atomic E-state index is 11.9. The Labute approximate surface area is 218 Å². The summed E-state index contributed by atoms with van der Waals surface area (Å²) in [5, 5.41) is 29.7. The predicted molar refractivity (Wildman–Crippen MR) is 142 cm³/mol. The van der Waals surface area contributed by atoms with Crippen molar-refractivity contribution in [3.8, 4) is 0 Å². The smallest absolute Gasteiger partial charge is 0.408 e. The Morgan fingerprint density at radius 1 is 0.639 bits per heavy atom. The van der Waals surface area contributed by atoms with Gasteiger partial charge in [-0.15, -0.1) is 0 Å². The molecule has 212 valence electrons. The summed E-state index contributed by atoms with van der Waals surface area (Å²) in [5.74, 6) is 0. The molecule has 1 heterocycles. The SMILES string of the molecule is CC(C)(C)OC(=O)NC1(C(C)(C)O)CCCCC1.CC(C)(C)OC(=O)NC1(C(C)(C)O)CCNCC1. The Balaban J connectivity index is 0.000000360. The van der Waals surface area contributed by atoms with Crippen LogP contribution in [0.5, 0.6) is 0 Å². The third kappa shape index (κ3) is 10.1. The number of carbonyl (C=O) groups is 2. The molecule has 2 amide bonds. The van der Waals surface area contributed by atoms with E-state index in [2.05, 4.69) is 16.0 Å². The zero-order chi connectivity index (χ0) is 28.1. The topological polar surface area (TPSA) is 129 Å². The quantitative estimate of drug-likeness (QED) is 0.375. The Hall–Kier alpha value is -1.58. The van der Waals surface area contributed by atoms with E-state index in [1.165, 1.54) is 0 Å². The summed E-state index contributed by atoms with van der Waals surface area (Å²) in [4.78, 5) is 23.8. The molecule has 0 radical (unpaired) electrons. The molecule has 0 aromatic rings. The molecule has 9 heteroatoms. The van der Waals surface area contributed by atoms with Crippen LogP contribution in [-0.4, -0.2) is 69.0 Å². The van der Waals surface area contributed by atoms with Crippen molar-refractivity contribution < 1.29 is 29.3 Å². The summed E-state index contributed by atoms with van der Waals surface area (Å²) >= 11 is 0. The van der Waals surface area contributed by atoms with E-state index < -0.39 is 45.7 Å². The highest BCUT2D eigenvalue weighted by molar-refractivity contribution is 5.69. The third-order valence-corrected chi connectivity index (χ3v) is 6.99. The molecular formula is C27H53N3O6. The second kappa shape index (κ2) is 11.9. The summed E-state index contributed by atoms with van der Waals surface area (Å²) in [6.07, 6.45) is 5.29. The number of hydrogen-bond donors (Lipinski definition) is 5. The minimum Gasteiger partial charge on any atom is -0.444 e. The first kappa shape index (κ1) is 32.4. The van der Waals surface area contributed by atoms with Crippen LogP contribution < -0.4 is 16.0 Å². The van der Waals surface area contributed by atoms with E-state index in [9.17, 15) is 19.8 Å². The van der Waals surface area contributed by atoms with Crippen molar-refractivity contribution in [3.63, 3.8) is 0 Å². The van der Waals surface area contributed by atoms with Crippen LogP contribution in [0.2, 0.25) is 0 Å². The maximum absolute atomic E-state index is 11.9. The summed E-state index contributed by atoms with van der Waals surface area (Å²) < 4.78 is 10.6. The minimum atomic E-state index is -0.980. The van der Waals surface area contributed by atoms with Crippen LogP contribution in [0.1, 0.15) is 114 Å². The summed E-state index contributed by atoms with van der Waals surface area (Å²) in [6.45, 7) is 19.5. The van der Waals surface area contributed by atoms with Gasteiger partial charge in [-0.1, -0.05) is 19.3 Å². The standard InChI is InChI=1S/C14H27NO3.C13H26N2O3/c1-12(2,3)18-11(16)15-14(13(4,5)17)9-7-6-8-10-14;1-11(2,3)18-10(16)15-13(12(4,5)17)6-8-14-9-7-13/h17H,6-10H2,1-5H3,(H,15,16);14,17H,6-9H2,1-5H3,(H,15,16). The van der Waals surface area contributed by atoms with E-state index in [-0.39, 0.29) is 0 Å². The molecule has 0 aromatic heterocycles. The number of hydrogen-bond acceptors (Lipinski definition) is 7. The third-order valence-electron chi connectivity index (χ3n) is 6.99. The van der Waals surface area contributed by atoms with Crippen molar-refractivity contribution in [2.24, 2.45) is 0 Å². The highest BCUT2D eigenvalue weighted by atomic mass is 16.6. The van der Waals surface area contributed by atoms with E-state index in [1.807, 2.05) is 41.5 Å². The number of carbonyl (C=O) groups excluding carboxylic acids is 2. The van der Waals surface area contributed by atoms with E-state index >= 15 is 0 Å². The lowest BCUT2D eigenvalue weighted by molar-refractivity contribution is -0.0460. The first-order chi connectivity index (χ1) is 16.1. The fourth-order valence-corrected chi connectivity index (χ4v) is 4.79. The molecule has 9 nitrogen and oxygen atoms in total. The van der Waals surface area contributed by atoms with Crippen LogP contribution in [0.4, 0.5) is 9.59 Å². The second-order valence-corrected chi connectivity index (χ2v) is 13.3. The number of piperidine rings is 1. The first-order valence-corrected chi connectivity index (χ1v) is 13.3. The maximum Gasteiger partial charge on any atom is 0.408 e. The Bertz CT molecular complexity index is 652. The molecule has 5 N–H and O–H groups in total. The van der Waals surface area contributed by atoms with Gasteiger partial charge in [-0.05, 0) is 108 Å². The lowest BCUT2D eigenvalue weighted by atomic mass is 9.71. The minimum absolute atomic E-state index is 0.438. The van der Waals surface area contributed by atoms with E-state index in [1.54, 1.807) is 27.7 Å². The first-order valence-electron chi connectivity index (χ1n) is 13.3. The number of aliphatic hydroxyl groups is 2. The highest BCUT2D eigenvalue weighted by Crippen LogP contribution is 2.37. The van der Waals surface area contributed by atoms with Gasteiger partial charge in [0.15, 0.2) is 0 Å². The normalized spacial score (nSPS) is 20.3. The number of alkyl carbamates (subject to hydrolysis) is 2. The molecule has 0 aromatic carbocycles. The van der Waals surface area contributed by atoms with Crippen molar-refractivity contribution in [1.29, 1.82) is 0 Å². The van der Waals surface area contributed by atoms with Gasteiger partial charge in [-0.25, -0.2) is 9.59 Å². The Morgan fingerprint density at radius 2 is 0.972 bits per heavy atom. The fraction of sp³-hybridized carbons (Fsp3) is 0.926. The lowest BCUT2D eigenvalue weighted by Crippen LogP contribution is -2.66. The van der Waals surface area contributed by atoms with Gasteiger partial charge in [0.05, 0.1) is 22.3 Å². The van der Waals surface area contributed by atoms with Gasteiger partial charge in [-0.3, -0.25) is 0 Å². The highest BCUT2D eigenvalue weighted by Gasteiger charge is 2.47. The molecule has 36 heavy (non-hydrogen) atoms. The fourth-order valence-electron chi connectivity index (χ4n) is 4.79. The van der Waals surface area contributed by atoms with Gasteiger partial charge in [0.1, 0.15) is 11.2 Å². The molecule has 2 fully saturated rings. The Morgan fingerprint density at radius 3 is 1.28 bits per heavy atom. The van der Waals surface area contributed by atoms with Crippen LogP contribution in [-0.2, 0) is 9.47 Å². The van der Waals surface area contributed by atoms with Gasteiger partial charge in [0.2, 0.25) is 0 Å². The molecule has 1 aliphatic heterocycles. The van der Waals surface area contributed by atoms with Crippen molar-refractivity contribution in [1.82, 2.24) is 16.0 Å². The molecule has 0 unspecified atom stereocenters. The molecule has 2 rings (SSSR count). The van der Waals surface area contributed by atoms with Gasteiger partial charge < -0.3 is 35.6 Å². The largest absolute Gasteiger partial charge is 0.444 e. The molecule has 2 aliphatic rings. The van der Waals surface area contributed by atoms with Crippen molar-refractivity contribution in [3.05, 3.63) is 0 Å². The van der Waals surface area contributed by atoms with Gasteiger partial charge >= 0.3 is 12.2 Å².